The van der Waals surface area contributed by atoms with E-state index in [-0.39, 0.29) is 6.10 Å². The summed E-state index contributed by atoms with van der Waals surface area (Å²) < 4.78 is 5.53. The molecule has 0 bridgehead atoms. The second-order valence-corrected chi connectivity index (χ2v) is 5.38. The lowest BCUT2D eigenvalue weighted by Crippen LogP contribution is -2.31. The van der Waals surface area contributed by atoms with Crippen LogP contribution in [0.5, 0.6) is 0 Å². The molecule has 16 heavy (non-hydrogen) atoms. The Morgan fingerprint density at radius 2 is 2.12 bits per heavy atom. The highest BCUT2D eigenvalue weighted by Crippen LogP contribution is 2.34. The fourth-order valence-electron chi connectivity index (χ4n) is 2.67. The van der Waals surface area contributed by atoms with Crippen LogP contribution in [0.2, 0.25) is 0 Å². The lowest BCUT2D eigenvalue weighted by atomic mass is 9.82. The van der Waals surface area contributed by atoms with Crippen molar-refractivity contribution in [3.63, 3.8) is 0 Å². The topological polar surface area (TPSA) is 29.5 Å². The summed E-state index contributed by atoms with van der Waals surface area (Å²) in [6, 6.07) is 1.99. The molecular formula is C13H20O2S. The zero-order chi connectivity index (χ0) is 11.4. The second kappa shape index (κ2) is 5.80. The molecule has 2 unspecified atom stereocenters. The summed E-state index contributed by atoms with van der Waals surface area (Å²) in [5, 5.41) is 14.3. The largest absolute Gasteiger partial charge is 0.386 e. The van der Waals surface area contributed by atoms with E-state index >= 15 is 0 Å². The summed E-state index contributed by atoms with van der Waals surface area (Å²) in [4.78, 5) is 0. The Morgan fingerprint density at radius 3 is 2.69 bits per heavy atom. The van der Waals surface area contributed by atoms with Gasteiger partial charge in [0.05, 0.1) is 6.10 Å². The first-order valence-corrected chi connectivity index (χ1v) is 7.00. The SMILES string of the molecule is COC(C1CCCCC1)C(O)c1ccsc1. The average Bonchev–Trinajstić information content (AvgIpc) is 2.85. The maximum Gasteiger partial charge on any atom is 0.106 e. The monoisotopic (exact) mass is 240 g/mol. The Kier molecular flexibility index (Phi) is 4.38. The molecule has 0 radical (unpaired) electrons. The molecule has 1 aromatic rings. The summed E-state index contributed by atoms with van der Waals surface area (Å²) in [6.45, 7) is 0. The third-order valence-electron chi connectivity index (χ3n) is 3.58. The van der Waals surface area contributed by atoms with E-state index in [2.05, 4.69) is 0 Å². The van der Waals surface area contributed by atoms with E-state index in [0.717, 1.165) is 5.56 Å². The van der Waals surface area contributed by atoms with Crippen molar-refractivity contribution in [1.82, 2.24) is 0 Å². The summed E-state index contributed by atoms with van der Waals surface area (Å²) in [7, 11) is 1.72. The van der Waals surface area contributed by atoms with Crippen molar-refractivity contribution in [2.45, 2.75) is 44.3 Å². The molecule has 2 atom stereocenters. The molecule has 1 N–H and O–H groups in total. The molecule has 1 aliphatic rings. The number of methoxy groups -OCH3 is 1. The number of rotatable bonds is 4. The maximum atomic E-state index is 10.3. The molecule has 2 nitrogen and oxygen atoms in total. The van der Waals surface area contributed by atoms with Gasteiger partial charge in [-0.05, 0) is 41.1 Å². The number of hydrogen-bond acceptors (Lipinski definition) is 3. The minimum atomic E-state index is -0.459. The van der Waals surface area contributed by atoms with Crippen molar-refractivity contribution >= 4 is 11.3 Å². The molecule has 2 rings (SSSR count). The first-order chi connectivity index (χ1) is 7.83. The normalized spacial score (nSPS) is 21.9. The highest BCUT2D eigenvalue weighted by atomic mass is 32.1. The Labute approximate surface area is 101 Å². The zero-order valence-electron chi connectivity index (χ0n) is 9.76. The Morgan fingerprint density at radius 1 is 1.38 bits per heavy atom. The van der Waals surface area contributed by atoms with Gasteiger partial charge in [-0.1, -0.05) is 19.3 Å². The summed E-state index contributed by atoms with van der Waals surface area (Å²) >= 11 is 1.63. The highest BCUT2D eigenvalue weighted by Gasteiger charge is 2.30. The molecule has 1 fully saturated rings. The first-order valence-electron chi connectivity index (χ1n) is 6.06. The van der Waals surface area contributed by atoms with Gasteiger partial charge in [-0.2, -0.15) is 11.3 Å². The van der Waals surface area contributed by atoms with Crippen LogP contribution in [0.1, 0.15) is 43.8 Å². The first kappa shape index (κ1) is 12.1. The van der Waals surface area contributed by atoms with Crippen LogP contribution in [-0.2, 0) is 4.74 Å². The molecule has 1 saturated carbocycles. The molecule has 1 aromatic heterocycles. The van der Waals surface area contributed by atoms with Gasteiger partial charge in [0, 0.05) is 7.11 Å². The van der Waals surface area contributed by atoms with E-state index in [1.165, 1.54) is 32.1 Å². The zero-order valence-corrected chi connectivity index (χ0v) is 10.6. The van der Waals surface area contributed by atoms with Gasteiger partial charge in [0.25, 0.3) is 0 Å². The summed E-state index contributed by atoms with van der Waals surface area (Å²) in [5.74, 6) is 0.522. The number of aliphatic hydroxyl groups is 1. The predicted molar refractivity (Wildman–Crippen MR) is 66.7 cm³/mol. The van der Waals surface area contributed by atoms with Crippen LogP contribution in [0.15, 0.2) is 16.8 Å². The molecule has 3 heteroatoms. The summed E-state index contributed by atoms with van der Waals surface area (Å²) in [5.41, 5.74) is 1.00. The van der Waals surface area contributed by atoms with Gasteiger partial charge in [0.2, 0.25) is 0 Å². The third-order valence-corrected chi connectivity index (χ3v) is 4.28. The van der Waals surface area contributed by atoms with Gasteiger partial charge in [-0.3, -0.25) is 0 Å². The van der Waals surface area contributed by atoms with Gasteiger partial charge in [-0.25, -0.2) is 0 Å². The average molecular weight is 240 g/mol. The molecule has 90 valence electrons. The maximum absolute atomic E-state index is 10.3. The lowest BCUT2D eigenvalue weighted by molar-refractivity contribution is -0.0557. The summed E-state index contributed by atoms with van der Waals surface area (Å²) in [6.07, 6.45) is 5.79. The number of ether oxygens (including phenoxy) is 1. The van der Waals surface area contributed by atoms with Crippen molar-refractivity contribution < 1.29 is 9.84 Å². The minimum absolute atomic E-state index is 0.0325. The fourth-order valence-corrected chi connectivity index (χ4v) is 3.36. The number of thiophene rings is 1. The lowest BCUT2D eigenvalue weighted by Gasteiger charge is -2.32. The van der Waals surface area contributed by atoms with Gasteiger partial charge >= 0.3 is 0 Å². The molecule has 0 amide bonds. The Bertz CT molecular complexity index is 291. The number of hydrogen-bond donors (Lipinski definition) is 1. The van der Waals surface area contributed by atoms with Gasteiger partial charge < -0.3 is 9.84 Å². The van der Waals surface area contributed by atoms with Gasteiger partial charge in [-0.15, -0.1) is 0 Å². The quantitative estimate of drug-likeness (QED) is 0.874. The van der Waals surface area contributed by atoms with E-state index in [1.54, 1.807) is 18.4 Å². The van der Waals surface area contributed by atoms with E-state index in [9.17, 15) is 5.11 Å². The highest BCUT2D eigenvalue weighted by molar-refractivity contribution is 7.07. The van der Waals surface area contributed by atoms with Crippen LogP contribution in [0.3, 0.4) is 0 Å². The van der Waals surface area contributed by atoms with Crippen molar-refractivity contribution in [2.24, 2.45) is 5.92 Å². The van der Waals surface area contributed by atoms with Gasteiger partial charge in [0.1, 0.15) is 6.10 Å². The van der Waals surface area contributed by atoms with Crippen LogP contribution >= 0.6 is 11.3 Å². The van der Waals surface area contributed by atoms with E-state index in [4.69, 9.17) is 4.74 Å². The van der Waals surface area contributed by atoms with Crippen LogP contribution in [0.25, 0.3) is 0 Å². The predicted octanol–water partition coefficient (Wildman–Crippen LogP) is 3.38. The molecule has 0 aromatic carbocycles. The van der Waals surface area contributed by atoms with Crippen LogP contribution in [0.4, 0.5) is 0 Å². The molecule has 0 saturated heterocycles. The molecule has 0 aliphatic heterocycles. The van der Waals surface area contributed by atoms with Gasteiger partial charge in [0.15, 0.2) is 0 Å². The third kappa shape index (κ3) is 2.65. The Hall–Kier alpha value is -0.380. The van der Waals surface area contributed by atoms with Crippen molar-refractivity contribution in [2.75, 3.05) is 7.11 Å². The minimum Gasteiger partial charge on any atom is -0.386 e. The van der Waals surface area contributed by atoms with Crippen molar-refractivity contribution in [3.8, 4) is 0 Å². The fraction of sp³-hybridized carbons (Fsp3) is 0.692. The molecule has 1 aliphatic carbocycles. The molecule has 1 heterocycles. The standard InChI is InChI=1S/C13H20O2S/c1-15-13(10-5-3-2-4-6-10)12(14)11-7-8-16-9-11/h7-10,12-14H,2-6H2,1H3. The number of aliphatic hydroxyl groups excluding tert-OH is 1. The molecule has 0 spiro atoms. The van der Waals surface area contributed by atoms with E-state index in [1.807, 2.05) is 16.8 Å². The molecular weight excluding hydrogens is 220 g/mol. The van der Waals surface area contributed by atoms with Crippen LogP contribution in [0, 0.1) is 5.92 Å². The van der Waals surface area contributed by atoms with Crippen molar-refractivity contribution in [1.29, 1.82) is 0 Å². The van der Waals surface area contributed by atoms with Crippen molar-refractivity contribution in [3.05, 3.63) is 22.4 Å². The van der Waals surface area contributed by atoms with Crippen LogP contribution in [-0.4, -0.2) is 18.3 Å². The van der Waals surface area contributed by atoms with E-state index < -0.39 is 6.10 Å². The Balaban J connectivity index is 2.03. The van der Waals surface area contributed by atoms with Crippen LogP contribution < -0.4 is 0 Å². The van der Waals surface area contributed by atoms with E-state index in [0.29, 0.717) is 5.92 Å². The second-order valence-electron chi connectivity index (χ2n) is 4.60. The smallest absolute Gasteiger partial charge is 0.106 e.